The van der Waals surface area contributed by atoms with Gasteiger partial charge in [-0.25, -0.2) is 0 Å². The molecule has 0 atom stereocenters. The van der Waals surface area contributed by atoms with Crippen molar-refractivity contribution in [1.29, 1.82) is 10.5 Å². The summed E-state index contributed by atoms with van der Waals surface area (Å²) in [6, 6.07) is 10.9. The van der Waals surface area contributed by atoms with Crippen LogP contribution >= 0.6 is 0 Å². The molecule has 0 aliphatic rings. The molecular formula is C15H17N3O3. The summed E-state index contributed by atoms with van der Waals surface area (Å²) in [7, 11) is 1.55. The number of carbonyl (C=O) groups is 1. The molecule has 1 aromatic carbocycles. The van der Waals surface area contributed by atoms with Crippen LogP contribution in [0.1, 0.15) is 12.8 Å². The molecule has 0 bridgehead atoms. The number of amides is 1. The fourth-order valence-electron chi connectivity index (χ4n) is 1.66. The molecular weight excluding hydrogens is 270 g/mol. The molecule has 0 saturated heterocycles. The minimum absolute atomic E-state index is 0.135. The van der Waals surface area contributed by atoms with E-state index in [9.17, 15) is 4.79 Å². The number of carbonyl (C=O) groups excluding carboxylic acids is 1. The highest BCUT2D eigenvalue weighted by Crippen LogP contribution is 2.18. The van der Waals surface area contributed by atoms with Crippen LogP contribution in [-0.4, -0.2) is 37.6 Å². The average Bonchev–Trinajstić information content (AvgIpc) is 2.53. The lowest BCUT2D eigenvalue weighted by molar-refractivity contribution is -0.133. The van der Waals surface area contributed by atoms with Gasteiger partial charge in [0.05, 0.1) is 32.1 Å². The average molecular weight is 287 g/mol. The van der Waals surface area contributed by atoms with Crippen LogP contribution in [0.3, 0.4) is 0 Å². The van der Waals surface area contributed by atoms with Gasteiger partial charge in [-0.2, -0.15) is 10.5 Å². The first-order valence-electron chi connectivity index (χ1n) is 6.49. The first-order chi connectivity index (χ1) is 10.2. The minimum Gasteiger partial charge on any atom is -0.497 e. The second-order valence-corrected chi connectivity index (χ2v) is 4.16. The third-order valence-electron chi connectivity index (χ3n) is 2.74. The van der Waals surface area contributed by atoms with Crippen LogP contribution in [0.4, 0.5) is 0 Å². The van der Waals surface area contributed by atoms with Crippen molar-refractivity contribution in [3.8, 4) is 23.6 Å². The van der Waals surface area contributed by atoms with Gasteiger partial charge >= 0.3 is 0 Å². The molecule has 0 heterocycles. The van der Waals surface area contributed by atoms with E-state index < -0.39 is 0 Å². The van der Waals surface area contributed by atoms with Gasteiger partial charge in [0.25, 0.3) is 5.91 Å². The molecule has 21 heavy (non-hydrogen) atoms. The van der Waals surface area contributed by atoms with Crippen LogP contribution in [-0.2, 0) is 4.79 Å². The molecule has 110 valence electrons. The second-order valence-electron chi connectivity index (χ2n) is 4.16. The largest absolute Gasteiger partial charge is 0.497 e. The maximum Gasteiger partial charge on any atom is 0.260 e. The summed E-state index contributed by atoms with van der Waals surface area (Å²) in [5, 5.41) is 17.2. The van der Waals surface area contributed by atoms with E-state index >= 15 is 0 Å². The highest BCUT2D eigenvalue weighted by molar-refractivity contribution is 5.77. The minimum atomic E-state index is -0.247. The predicted molar refractivity (Wildman–Crippen MR) is 75.5 cm³/mol. The number of rotatable bonds is 8. The van der Waals surface area contributed by atoms with Crippen molar-refractivity contribution < 1.29 is 14.3 Å². The quantitative estimate of drug-likeness (QED) is 0.726. The Morgan fingerprint density at radius 3 is 2.38 bits per heavy atom. The van der Waals surface area contributed by atoms with Crippen LogP contribution < -0.4 is 9.47 Å². The smallest absolute Gasteiger partial charge is 0.260 e. The Labute approximate surface area is 124 Å². The molecule has 6 nitrogen and oxygen atoms in total. The van der Waals surface area contributed by atoms with Crippen molar-refractivity contribution in [3.05, 3.63) is 24.3 Å². The van der Waals surface area contributed by atoms with Gasteiger partial charge in [0.15, 0.2) is 6.61 Å². The van der Waals surface area contributed by atoms with Crippen LogP contribution in [0, 0.1) is 22.7 Å². The Bertz CT molecular complexity index is 528. The zero-order valence-electron chi connectivity index (χ0n) is 11.9. The van der Waals surface area contributed by atoms with Gasteiger partial charge in [-0.15, -0.1) is 0 Å². The summed E-state index contributed by atoms with van der Waals surface area (Å²) in [5.41, 5.74) is 0. The van der Waals surface area contributed by atoms with Gasteiger partial charge in [0.1, 0.15) is 11.5 Å². The normalized spacial score (nSPS) is 9.29. The van der Waals surface area contributed by atoms with E-state index in [4.69, 9.17) is 20.0 Å². The van der Waals surface area contributed by atoms with Crippen molar-refractivity contribution in [1.82, 2.24) is 4.90 Å². The van der Waals surface area contributed by atoms with Crippen molar-refractivity contribution in [3.63, 3.8) is 0 Å². The lowest BCUT2D eigenvalue weighted by atomic mass is 10.3. The Kier molecular flexibility index (Phi) is 7.17. The number of hydrogen-bond donors (Lipinski definition) is 0. The molecule has 0 fully saturated rings. The Hall–Kier alpha value is -2.73. The molecule has 6 heteroatoms. The third kappa shape index (κ3) is 5.84. The summed E-state index contributed by atoms with van der Waals surface area (Å²) >= 11 is 0. The Balaban J connectivity index is 2.55. The number of nitrogens with zero attached hydrogens (tertiary/aromatic N) is 3. The van der Waals surface area contributed by atoms with E-state index in [1.165, 1.54) is 4.90 Å². The number of benzene rings is 1. The highest BCUT2D eigenvalue weighted by Gasteiger charge is 2.13. The number of nitriles is 2. The van der Waals surface area contributed by atoms with Gasteiger partial charge in [-0.1, -0.05) is 6.07 Å². The molecule has 0 aliphatic carbocycles. The molecule has 0 spiro atoms. The van der Waals surface area contributed by atoms with E-state index in [2.05, 4.69) is 0 Å². The first-order valence-corrected chi connectivity index (χ1v) is 6.49. The van der Waals surface area contributed by atoms with Gasteiger partial charge in [0, 0.05) is 19.2 Å². The standard InChI is InChI=1S/C15H17N3O3/c1-20-13-5-2-6-14(11-13)21-12-15(19)18(9-3-7-16)10-4-8-17/h2,5-6,11H,3-4,9-10,12H2,1H3. The Morgan fingerprint density at radius 1 is 1.19 bits per heavy atom. The third-order valence-corrected chi connectivity index (χ3v) is 2.74. The van der Waals surface area contributed by atoms with Crippen LogP contribution in [0.25, 0.3) is 0 Å². The maximum atomic E-state index is 12.0. The van der Waals surface area contributed by atoms with Gasteiger partial charge in [-0.3, -0.25) is 4.79 Å². The fourth-order valence-corrected chi connectivity index (χ4v) is 1.66. The number of hydrogen-bond acceptors (Lipinski definition) is 5. The summed E-state index contributed by atoms with van der Waals surface area (Å²) < 4.78 is 10.5. The van der Waals surface area contributed by atoms with Crippen molar-refractivity contribution in [2.75, 3.05) is 26.8 Å². The summed E-state index contributed by atoms with van der Waals surface area (Å²) in [6.07, 6.45) is 0.465. The van der Waals surface area contributed by atoms with Crippen LogP contribution in [0.15, 0.2) is 24.3 Å². The van der Waals surface area contributed by atoms with Gasteiger partial charge in [-0.05, 0) is 12.1 Å². The lowest BCUT2D eigenvalue weighted by Gasteiger charge is -2.20. The molecule has 0 aliphatic heterocycles. The summed E-state index contributed by atoms with van der Waals surface area (Å²) in [4.78, 5) is 13.5. The molecule has 1 aromatic rings. The van der Waals surface area contributed by atoms with E-state index in [0.29, 0.717) is 24.6 Å². The summed E-state index contributed by atoms with van der Waals surface area (Å²) in [6.45, 7) is 0.473. The van der Waals surface area contributed by atoms with Crippen LogP contribution in [0.5, 0.6) is 11.5 Å². The van der Waals surface area contributed by atoms with E-state index in [0.717, 1.165) is 0 Å². The highest BCUT2D eigenvalue weighted by atomic mass is 16.5. The van der Waals surface area contributed by atoms with E-state index in [1.807, 2.05) is 12.1 Å². The first kappa shape index (κ1) is 16.3. The monoisotopic (exact) mass is 287 g/mol. The number of methoxy groups -OCH3 is 1. The van der Waals surface area contributed by atoms with Crippen molar-refractivity contribution >= 4 is 5.91 Å². The zero-order valence-corrected chi connectivity index (χ0v) is 11.9. The molecule has 1 rings (SSSR count). The molecule has 0 radical (unpaired) electrons. The molecule has 0 unspecified atom stereocenters. The van der Waals surface area contributed by atoms with Crippen molar-refractivity contribution in [2.24, 2.45) is 0 Å². The molecule has 0 N–H and O–H groups in total. The summed E-state index contributed by atoms with van der Waals surface area (Å²) in [5.74, 6) is 0.928. The van der Waals surface area contributed by atoms with E-state index in [1.54, 1.807) is 31.4 Å². The lowest BCUT2D eigenvalue weighted by Crippen LogP contribution is -2.36. The molecule has 0 saturated carbocycles. The SMILES string of the molecule is COc1cccc(OCC(=O)N(CCC#N)CCC#N)c1. The maximum absolute atomic E-state index is 12.0. The topological polar surface area (TPSA) is 86.3 Å². The Morgan fingerprint density at radius 2 is 1.81 bits per heavy atom. The fraction of sp³-hybridized carbons (Fsp3) is 0.400. The predicted octanol–water partition coefficient (Wildman–Crippen LogP) is 1.73. The van der Waals surface area contributed by atoms with Crippen molar-refractivity contribution in [2.45, 2.75) is 12.8 Å². The van der Waals surface area contributed by atoms with E-state index in [-0.39, 0.29) is 25.4 Å². The number of ether oxygens (including phenoxy) is 2. The van der Waals surface area contributed by atoms with Gasteiger partial charge in [0.2, 0.25) is 0 Å². The molecule has 0 aromatic heterocycles. The zero-order chi connectivity index (χ0) is 15.5. The second kappa shape index (κ2) is 9.22. The van der Waals surface area contributed by atoms with Gasteiger partial charge < -0.3 is 14.4 Å². The van der Waals surface area contributed by atoms with Crippen LogP contribution in [0.2, 0.25) is 0 Å². The molecule has 1 amide bonds.